The van der Waals surface area contributed by atoms with Gasteiger partial charge in [-0.15, -0.1) is 0 Å². The summed E-state index contributed by atoms with van der Waals surface area (Å²) in [5.41, 5.74) is 4.92. The van der Waals surface area contributed by atoms with Crippen molar-refractivity contribution in [1.29, 1.82) is 0 Å². The van der Waals surface area contributed by atoms with E-state index in [2.05, 4.69) is 94.4 Å². The molecule has 4 heterocycles. The molecule has 0 unspecified atom stereocenters. The highest BCUT2D eigenvalue weighted by Crippen LogP contribution is 2.23. The Hall–Kier alpha value is -3.88. The monoisotopic (exact) mass is 576 g/mol. The Morgan fingerprint density at radius 2 is 0.884 bits per heavy atom. The van der Waals surface area contributed by atoms with Crippen molar-refractivity contribution in [2.75, 3.05) is 50.1 Å². The molecule has 6 rings (SSSR count). The minimum atomic E-state index is 0.465. The zero-order valence-corrected chi connectivity index (χ0v) is 25.6. The van der Waals surface area contributed by atoms with E-state index in [1.165, 1.54) is 11.1 Å². The quantitative estimate of drug-likeness (QED) is 0.260. The Kier molecular flexibility index (Phi) is 9.55. The van der Waals surface area contributed by atoms with Crippen LogP contribution in [0.3, 0.4) is 0 Å². The first-order valence-corrected chi connectivity index (χ1v) is 15.7. The van der Waals surface area contributed by atoms with Crippen LogP contribution in [0.4, 0.5) is 11.9 Å². The van der Waals surface area contributed by atoms with Gasteiger partial charge in [-0.1, -0.05) is 60.7 Å². The van der Waals surface area contributed by atoms with Crippen LogP contribution in [0.1, 0.15) is 47.9 Å². The zero-order chi connectivity index (χ0) is 29.4. The maximum absolute atomic E-state index is 4.72. The van der Waals surface area contributed by atoms with Gasteiger partial charge in [0.2, 0.25) is 11.9 Å². The highest BCUT2D eigenvalue weighted by molar-refractivity contribution is 5.34. The molecule has 0 spiro atoms. The minimum absolute atomic E-state index is 0.465. The molecule has 0 amide bonds. The lowest BCUT2D eigenvalue weighted by Crippen LogP contribution is -2.43. The van der Waals surface area contributed by atoms with Crippen LogP contribution in [0.5, 0.6) is 0 Å². The number of hydrogen-bond acceptors (Lipinski definition) is 8. The molecule has 2 saturated heterocycles. The third-order valence-corrected chi connectivity index (χ3v) is 9.13. The molecule has 2 aromatic carbocycles. The van der Waals surface area contributed by atoms with Gasteiger partial charge < -0.3 is 9.80 Å². The molecule has 43 heavy (non-hydrogen) atoms. The van der Waals surface area contributed by atoms with Crippen LogP contribution in [-0.2, 0) is 19.5 Å². The van der Waals surface area contributed by atoms with Gasteiger partial charge in [-0.3, -0.25) is 9.80 Å². The molecule has 2 aliphatic heterocycles. The number of anilines is 2. The molecule has 2 aliphatic rings. The van der Waals surface area contributed by atoms with Crippen LogP contribution in [-0.4, -0.2) is 82.1 Å². The fourth-order valence-corrected chi connectivity index (χ4v) is 6.42. The van der Waals surface area contributed by atoms with Crippen LogP contribution >= 0.6 is 0 Å². The lowest BCUT2D eigenvalue weighted by molar-refractivity contribution is 0.203. The number of nitrogens with zero attached hydrogens (tertiary/aromatic N) is 8. The SMILES string of the molecule is CN(c1ncc(Cc2cnc(N(C)C3CCN(Cc4ccccc4)CC3)nc2)cn1)C1CCN(Cc2ccccc2)CC1. The lowest BCUT2D eigenvalue weighted by Gasteiger charge is -2.36. The van der Waals surface area contributed by atoms with Gasteiger partial charge in [0.1, 0.15) is 0 Å². The summed E-state index contributed by atoms with van der Waals surface area (Å²) in [5, 5.41) is 0. The maximum Gasteiger partial charge on any atom is 0.225 e. The number of likely N-dealkylation sites (tertiary alicyclic amines) is 2. The van der Waals surface area contributed by atoms with Crippen molar-refractivity contribution in [1.82, 2.24) is 29.7 Å². The van der Waals surface area contributed by atoms with Crippen molar-refractivity contribution in [3.8, 4) is 0 Å². The Labute approximate surface area is 256 Å². The highest BCUT2D eigenvalue weighted by atomic mass is 15.3. The second kappa shape index (κ2) is 14.1. The van der Waals surface area contributed by atoms with Gasteiger partial charge in [-0.25, -0.2) is 19.9 Å². The van der Waals surface area contributed by atoms with Crippen molar-refractivity contribution in [3.63, 3.8) is 0 Å². The summed E-state index contributed by atoms with van der Waals surface area (Å²) >= 11 is 0. The van der Waals surface area contributed by atoms with E-state index in [0.29, 0.717) is 12.1 Å². The normalized spacial score (nSPS) is 17.2. The van der Waals surface area contributed by atoms with E-state index in [0.717, 1.165) is 94.4 Å². The second-order valence-corrected chi connectivity index (χ2v) is 12.2. The van der Waals surface area contributed by atoms with Crippen molar-refractivity contribution in [3.05, 3.63) is 108 Å². The van der Waals surface area contributed by atoms with E-state index in [4.69, 9.17) is 19.9 Å². The summed E-state index contributed by atoms with van der Waals surface area (Å²) in [6.45, 7) is 6.44. The number of piperidine rings is 2. The summed E-state index contributed by atoms with van der Waals surface area (Å²) in [4.78, 5) is 28.5. The number of hydrogen-bond donors (Lipinski definition) is 0. The van der Waals surface area contributed by atoms with E-state index in [9.17, 15) is 0 Å². The van der Waals surface area contributed by atoms with Gasteiger partial charge in [0.25, 0.3) is 0 Å². The van der Waals surface area contributed by atoms with Crippen LogP contribution in [0.25, 0.3) is 0 Å². The largest absolute Gasteiger partial charge is 0.341 e. The Morgan fingerprint density at radius 3 is 1.23 bits per heavy atom. The van der Waals surface area contributed by atoms with E-state index in [1.807, 2.05) is 24.8 Å². The molecule has 0 atom stereocenters. The molecule has 0 bridgehead atoms. The first kappa shape index (κ1) is 29.2. The predicted molar refractivity (Wildman–Crippen MR) is 173 cm³/mol. The summed E-state index contributed by atoms with van der Waals surface area (Å²) in [5.74, 6) is 1.60. The van der Waals surface area contributed by atoms with Gasteiger partial charge in [-0.2, -0.15) is 0 Å². The summed E-state index contributed by atoms with van der Waals surface area (Å²) in [6.07, 6.45) is 13.0. The third-order valence-electron chi connectivity index (χ3n) is 9.13. The van der Waals surface area contributed by atoms with Gasteiger partial charge in [0, 0.05) is 96.7 Å². The number of aromatic nitrogens is 4. The average molecular weight is 577 g/mol. The van der Waals surface area contributed by atoms with Crippen LogP contribution in [0, 0.1) is 0 Å². The zero-order valence-electron chi connectivity index (χ0n) is 25.6. The number of benzene rings is 2. The molecule has 0 aliphatic carbocycles. The average Bonchev–Trinajstić information content (AvgIpc) is 3.06. The smallest absolute Gasteiger partial charge is 0.225 e. The predicted octanol–water partition coefficient (Wildman–Crippen LogP) is 5.06. The fraction of sp³-hybridized carbons (Fsp3) is 0.429. The molecule has 2 aromatic heterocycles. The van der Waals surface area contributed by atoms with E-state index in [1.54, 1.807) is 0 Å². The van der Waals surface area contributed by atoms with Crippen LogP contribution in [0.15, 0.2) is 85.5 Å². The van der Waals surface area contributed by atoms with Crippen molar-refractivity contribution in [2.45, 2.75) is 57.3 Å². The van der Waals surface area contributed by atoms with Crippen molar-refractivity contribution in [2.24, 2.45) is 0 Å². The Balaban J connectivity index is 0.956. The maximum atomic E-state index is 4.72. The van der Waals surface area contributed by atoms with Gasteiger partial charge in [-0.05, 0) is 47.9 Å². The standard InChI is InChI=1S/C35H44N8/c1-40(32-13-17-42(18-14-32)26-28-9-5-3-6-10-28)34-36-22-30(23-37-34)21-31-24-38-35(39-25-31)41(2)33-15-19-43(20-16-33)27-29-11-7-4-8-12-29/h3-12,22-25,32-33H,13-21,26-27H2,1-2H3. The third kappa shape index (κ3) is 7.75. The summed E-state index contributed by atoms with van der Waals surface area (Å²) < 4.78 is 0. The Bertz CT molecular complexity index is 1270. The van der Waals surface area contributed by atoms with Crippen LogP contribution in [0.2, 0.25) is 0 Å². The van der Waals surface area contributed by atoms with Gasteiger partial charge >= 0.3 is 0 Å². The second-order valence-electron chi connectivity index (χ2n) is 12.2. The van der Waals surface area contributed by atoms with Crippen molar-refractivity contribution >= 4 is 11.9 Å². The molecule has 224 valence electrons. The molecule has 4 aromatic rings. The molecule has 0 saturated carbocycles. The minimum Gasteiger partial charge on any atom is -0.341 e. The molecule has 2 fully saturated rings. The molecule has 0 radical (unpaired) electrons. The van der Waals surface area contributed by atoms with E-state index >= 15 is 0 Å². The summed E-state index contributed by atoms with van der Waals surface area (Å²) in [7, 11) is 4.26. The van der Waals surface area contributed by atoms with E-state index in [-0.39, 0.29) is 0 Å². The van der Waals surface area contributed by atoms with Crippen molar-refractivity contribution < 1.29 is 0 Å². The molecule has 0 N–H and O–H groups in total. The molecular formula is C35H44N8. The topological polar surface area (TPSA) is 64.5 Å². The van der Waals surface area contributed by atoms with Gasteiger partial charge in [0.05, 0.1) is 0 Å². The van der Waals surface area contributed by atoms with Gasteiger partial charge in [0.15, 0.2) is 0 Å². The Morgan fingerprint density at radius 1 is 0.535 bits per heavy atom. The number of rotatable bonds is 10. The first-order valence-electron chi connectivity index (χ1n) is 15.7. The summed E-state index contributed by atoms with van der Waals surface area (Å²) in [6, 6.07) is 22.4. The molecular weight excluding hydrogens is 532 g/mol. The van der Waals surface area contributed by atoms with E-state index < -0.39 is 0 Å². The molecule has 8 nitrogen and oxygen atoms in total. The fourth-order valence-electron chi connectivity index (χ4n) is 6.42. The first-order chi connectivity index (χ1) is 21.1. The molecule has 8 heteroatoms. The highest BCUT2D eigenvalue weighted by Gasteiger charge is 2.25. The lowest BCUT2D eigenvalue weighted by atomic mass is 10.0. The van der Waals surface area contributed by atoms with Crippen LogP contribution < -0.4 is 9.80 Å².